The van der Waals surface area contributed by atoms with Crippen LogP contribution >= 0.6 is 15.9 Å². The minimum absolute atomic E-state index is 0.0992. The van der Waals surface area contributed by atoms with E-state index in [1.54, 1.807) is 43.5 Å². The van der Waals surface area contributed by atoms with Gasteiger partial charge in [-0.05, 0) is 55.0 Å². The summed E-state index contributed by atoms with van der Waals surface area (Å²) in [6.07, 6.45) is 0.470. The van der Waals surface area contributed by atoms with Gasteiger partial charge in [0, 0.05) is 30.4 Å². The molecule has 2 aromatic carbocycles. The number of nitrogens with zero attached hydrogens (tertiary/aromatic N) is 1. The van der Waals surface area contributed by atoms with Gasteiger partial charge < -0.3 is 14.8 Å². The summed E-state index contributed by atoms with van der Waals surface area (Å²) in [4.78, 5) is 12.5. The van der Waals surface area contributed by atoms with E-state index in [0.717, 1.165) is 8.78 Å². The van der Waals surface area contributed by atoms with Crippen LogP contribution in [0.15, 0.2) is 57.9 Å². The molecule has 0 aromatic heterocycles. The molecule has 1 amide bonds. The summed E-state index contributed by atoms with van der Waals surface area (Å²) >= 11 is 3.33. The molecule has 0 fully saturated rings. The molecule has 152 valence electrons. The minimum Gasteiger partial charge on any atom is -0.497 e. The molecule has 9 heteroatoms. The fourth-order valence-corrected chi connectivity index (χ4v) is 4.16. The molecule has 0 saturated carbocycles. The molecule has 2 rings (SSSR count). The van der Waals surface area contributed by atoms with Gasteiger partial charge in [0.05, 0.1) is 18.6 Å². The highest BCUT2D eigenvalue weighted by Gasteiger charge is 2.26. The number of carbonyl (C=O) groups is 1. The second-order valence-corrected chi connectivity index (χ2v) is 8.77. The van der Waals surface area contributed by atoms with Crippen molar-refractivity contribution in [2.45, 2.75) is 11.3 Å². The van der Waals surface area contributed by atoms with Gasteiger partial charge in [-0.3, -0.25) is 4.79 Å². The standard InChI is InChI=1S/C19H23BrN2O5S/c1-26-13-3-12-22(14-19(23)21-16-6-4-15(20)5-7-16)28(24,25)18-10-8-17(27-2)9-11-18/h4-11H,3,12-14H2,1-2H3,(H,21,23). The van der Waals surface area contributed by atoms with E-state index in [1.165, 1.54) is 19.2 Å². The van der Waals surface area contributed by atoms with Crippen molar-refractivity contribution in [3.8, 4) is 5.75 Å². The van der Waals surface area contributed by atoms with E-state index in [2.05, 4.69) is 21.2 Å². The third-order valence-electron chi connectivity index (χ3n) is 3.90. The van der Waals surface area contributed by atoms with Gasteiger partial charge in [-0.1, -0.05) is 15.9 Å². The Morgan fingerprint density at radius 3 is 2.29 bits per heavy atom. The summed E-state index contributed by atoms with van der Waals surface area (Å²) in [5.41, 5.74) is 0.590. The fraction of sp³-hybridized carbons (Fsp3) is 0.316. The van der Waals surface area contributed by atoms with Crippen molar-refractivity contribution in [1.82, 2.24) is 4.31 Å². The molecule has 0 atom stereocenters. The number of halogens is 1. The van der Waals surface area contributed by atoms with E-state index in [1.807, 2.05) is 0 Å². The lowest BCUT2D eigenvalue weighted by atomic mass is 10.3. The van der Waals surface area contributed by atoms with Crippen LogP contribution in [-0.2, 0) is 19.6 Å². The van der Waals surface area contributed by atoms with Gasteiger partial charge in [-0.25, -0.2) is 8.42 Å². The van der Waals surface area contributed by atoms with E-state index in [0.29, 0.717) is 24.5 Å². The average molecular weight is 471 g/mol. The first-order valence-corrected chi connectivity index (χ1v) is 10.8. The molecule has 0 aliphatic heterocycles. The highest BCUT2D eigenvalue weighted by molar-refractivity contribution is 9.10. The Labute approximate surface area is 173 Å². The maximum Gasteiger partial charge on any atom is 0.243 e. The summed E-state index contributed by atoms with van der Waals surface area (Å²) < 4.78 is 38.2. The van der Waals surface area contributed by atoms with E-state index >= 15 is 0 Å². The Bertz CT molecular complexity index is 870. The van der Waals surface area contributed by atoms with Crippen LogP contribution < -0.4 is 10.1 Å². The quantitative estimate of drug-likeness (QED) is 0.539. The van der Waals surface area contributed by atoms with Crippen molar-refractivity contribution in [1.29, 1.82) is 0 Å². The molecule has 2 aromatic rings. The molecule has 0 saturated heterocycles. The van der Waals surface area contributed by atoms with Gasteiger partial charge >= 0.3 is 0 Å². The smallest absolute Gasteiger partial charge is 0.243 e. The summed E-state index contributed by atoms with van der Waals surface area (Å²) in [6.45, 7) is 0.257. The molecule has 1 N–H and O–H groups in total. The maximum atomic E-state index is 13.0. The minimum atomic E-state index is -3.85. The zero-order valence-corrected chi connectivity index (χ0v) is 18.1. The fourth-order valence-electron chi connectivity index (χ4n) is 2.46. The van der Waals surface area contributed by atoms with Gasteiger partial charge in [0.2, 0.25) is 15.9 Å². The van der Waals surface area contributed by atoms with Crippen molar-refractivity contribution in [2.24, 2.45) is 0 Å². The molecule has 0 heterocycles. The maximum absolute atomic E-state index is 13.0. The molecule has 0 bridgehead atoms. The number of hydrogen-bond donors (Lipinski definition) is 1. The van der Waals surface area contributed by atoms with E-state index in [9.17, 15) is 13.2 Å². The van der Waals surface area contributed by atoms with Crippen LogP contribution in [0.5, 0.6) is 5.75 Å². The van der Waals surface area contributed by atoms with Crippen molar-refractivity contribution in [3.05, 3.63) is 53.0 Å². The number of nitrogens with one attached hydrogen (secondary N) is 1. The molecular formula is C19H23BrN2O5S. The third kappa shape index (κ3) is 6.30. The summed E-state index contributed by atoms with van der Waals surface area (Å²) in [7, 11) is -0.796. The van der Waals surface area contributed by atoms with Gasteiger partial charge in [-0.2, -0.15) is 4.31 Å². The van der Waals surface area contributed by atoms with Crippen LogP contribution in [-0.4, -0.2) is 52.5 Å². The van der Waals surface area contributed by atoms with Crippen LogP contribution in [0.4, 0.5) is 5.69 Å². The van der Waals surface area contributed by atoms with E-state index in [-0.39, 0.29) is 18.0 Å². The topological polar surface area (TPSA) is 84.9 Å². The van der Waals surface area contributed by atoms with Crippen molar-refractivity contribution in [3.63, 3.8) is 0 Å². The highest BCUT2D eigenvalue weighted by atomic mass is 79.9. The SMILES string of the molecule is COCCCN(CC(=O)Nc1ccc(Br)cc1)S(=O)(=O)c1ccc(OC)cc1. The van der Waals surface area contributed by atoms with Gasteiger partial charge in [0.15, 0.2) is 0 Å². The van der Waals surface area contributed by atoms with Crippen molar-refractivity contribution < 1.29 is 22.7 Å². The monoisotopic (exact) mass is 470 g/mol. The third-order valence-corrected chi connectivity index (χ3v) is 6.29. The number of amides is 1. The molecule has 28 heavy (non-hydrogen) atoms. The average Bonchev–Trinajstić information content (AvgIpc) is 2.69. The van der Waals surface area contributed by atoms with Gasteiger partial charge in [0.1, 0.15) is 5.75 Å². The first-order valence-electron chi connectivity index (χ1n) is 8.55. The number of ether oxygens (including phenoxy) is 2. The summed E-state index contributed by atoms with van der Waals surface area (Å²) in [5, 5.41) is 2.71. The van der Waals surface area contributed by atoms with Crippen molar-refractivity contribution in [2.75, 3.05) is 39.2 Å². The van der Waals surface area contributed by atoms with Crippen LogP contribution in [0.2, 0.25) is 0 Å². The lowest BCUT2D eigenvalue weighted by Gasteiger charge is -2.22. The van der Waals surface area contributed by atoms with Gasteiger partial charge in [-0.15, -0.1) is 0 Å². The van der Waals surface area contributed by atoms with Crippen molar-refractivity contribution >= 4 is 37.5 Å². The summed E-state index contributed by atoms with van der Waals surface area (Å²) in [6, 6.07) is 13.1. The molecule has 0 aliphatic rings. The lowest BCUT2D eigenvalue weighted by molar-refractivity contribution is -0.116. The predicted molar refractivity (Wildman–Crippen MR) is 111 cm³/mol. The predicted octanol–water partition coefficient (Wildman–Crippen LogP) is 3.12. The first-order chi connectivity index (χ1) is 13.4. The second kappa shape index (κ2) is 10.6. The molecule has 0 radical (unpaired) electrons. The number of rotatable bonds is 10. The number of methoxy groups -OCH3 is 2. The zero-order chi connectivity index (χ0) is 20.6. The van der Waals surface area contributed by atoms with Crippen LogP contribution in [0.3, 0.4) is 0 Å². The Kier molecular flexibility index (Phi) is 8.43. The van der Waals surface area contributed by atoms with Crippen LogP contribution in [0, 0.1) is 0 Å². The number of sulfonamides is 1. The molecule has 7 nitrogen and oxygen atoms in total. The number of anilines is 1. The summed E-state index contributed by atoms with van der Waals surface area (Å²) in [5.74, 6) is 0.134. The van der Waals surface area contributed by atoms with E-state index < -0.39 is 15.9 Å². The molecule has 0 aliphatic carbocycles. The Morgan fingerprint density at radius 2 is 1.71 bits per heavy atom. The van der Waals surface area contributed by atoms with Crippen LogP contribution in [0.1, 0.15) is 6.42 Å². The number of benzene rings is 2. The first kappa shape index (κ1) is 22.4. The Balaban J connectivity index is 2.16. The highest BCUT2D eigenvalue weighted by Crippen LogP contribution is 2.20. The van der Waals surface area contributed by atoms with E-state index in [4.69, 9.17) is 9.47 Å². The number of carbonyl (C=O) groups excluding carboxylic acids is 1. The second-order valence-electron chi connectivity index (χ2n) is 5.92. The van der Waals surface area contributed by atoms with Crippen LogP contribution in [0.25, 0.3) is 0 Å². The molecule has 0 unspecified atom stereocenters. The largest absolute Gasteiger partial charge is 0.497 e. The zero-order valence-electron chi connectivity index (χ0n) is 15.7. The normalized spacial score (nSPS) is 11.4. The number of hydrogen-bond acceptors (Lipinski definition) is 5. The lowest BCUT2D eigenvalue weighted by Crippen LogP contribution is -2.39. The van der Waals surface area contributed by atoms with Gasteiger partial charge in [0.25, 0.3) is 0 Å². The molecule has 0 spiro atoms. The Hall–Kier alpha value is -1.94. The molecular weight excluding hydrogens is 448 g/mol. The Morgan fingerprint density at radius 1 is 1.07 bits per heavy atom.